The van der Waals surface area contributed by atoms with Crippen LogP contribution in [0.15, 0.2) is 35.3 Å². The first-order valence-electron chi connectivity index (χ1n) is 9.85. The highest BCUT2D eigenvalue weighted by Gasteiger charge is 2.30. The van der Waals surface area contributed by atoms with Crippen LogP contribution in [0.2, 0.25) is 0 Å². The molecular weight excluding hydrogens is 400 g/mol. The zero-order valence-corrected chi connectivity index (χ0v) is 20.1. The molecule has 7 nitrogen and oxygen atoms in total. The average molecular weight is 435 g/mol. The van der Waals surface area contributed by atoms with Crippen LogP contribution in [0.1, 0.15) is 30.8 Å². The van der Waals surface area contributed by atoms with E-state index >= 15 is 0 Å². The Labute approximate surface area is 180 Å². The van der Waals surface area contributed by atoms with Crippen molar-refractivity contribution in [2.45, 2.75) is 39.0 Å². The summed E-state index contributed by atoms with van der Waals surface area (Å²) < 4.78 is 30.5. The van der Waals surface area contributed by atoms with Gasteiger partial charge in [-0.25, -0.2) is 8.42 Å². The summed E-state index contributed by atoms with van der Waals surface area (Å²) in [5.74, 6) is 1.48. The molecule has 0 saturated heterocycles. The first-order valence-corrected chi connectivity index (χ1v) is 11.7. The average Bonchev–Trinajstić information content (AvgIpc) is 2.94. The van der Waals surface area contributed by atoms with Gasteiger partial charge in [-0.15, -0.1) is 0 Å². The lowest BCUT2D eigenvalue weighted by Crippen LogP contribution is -2.48. The van der Waals surface area contributed by atoms with Crippen LogP contribution in [0.25, 0.3) is 5.69 Å². The Kier molecular flexibility index (Phi) is 7.23. The molecule has 0 atom stereocenters. The second-order valence-corrected chi connectivity index (χ2v) is 10.9. The number of sulfone groups is 1. The Morgan fingerprint density at radius 2 is 1.83 bits per heavy atom. The van der Waals surface area contributed by atoms with Crippen molar-refractivity contribution in [1.82, 2.24) is 14.8 Å². The lowest BCUT2D eigenvalue weighted by atomic mass is 10.2. The standard InChI is InChI=1S/C22H34N4O3S/c1-16-13-18(17(2)26(16)19-9-11-20(29-7)12-10-19)14-25(6)21(23-5)24-15-22(3,4)30(8,27)28/h9-13H,14-15H2,1-8H3,(H,23,24). The number of hydrogen-bond donors (Lipinski definition) is 1. The molecule has 0 aliphatic heterocycles. The van der Waals surface area contributed by atoms with E-state index in [0.717, 1.165) is 22.8 Å². The summed E-state index contributed by atoms with van der Waals surface area (Å²) in [6.45, 7) is 8.55. The second-order valence-electron chi connectivity index (χ2n) is 8.22. The van der Waals surface area contributed by atoms with Gasteiger partial charge < -0.3 is 19.5 Å². The molecule has 0 unspecified atom stereocenters. The number of ether oxygens (including phenoxy) is 1. The van der Waals surface area contributed by atoms with Crippen LogP contribution in [-0.2, 0) is 16.4 Å². The van der Waals surface area contributed by atoms with Crippen LogP contribution in [0.3, 0.4) is 0 Å². The zero-order chi connectivity index (χ0) is 22.7. The van der Waals surface area contributed by atoms with Crippen LogP contribution < -0.4 is 10.1 Å². The highest BCUT2D eigenvalue weighted by Crippen LogP contribution is 2.23. The summed E-state index contributed by atoms with van der Waals surface area (Å²) in [6.07, 6.45) is 1.26. The van der Waals surface area contributed by atoms with Crippen molar-refractivity contribution in [3.63, 3.8) is 0 Å². The van der Waals surface area contributed by atoms with Gasteiger partial charge in [-0.3, -0.25) is 4.99 Å². The summed E-state index contributed by atoms with van der Waals surface area (Å²) in [7, 11) is 2.12. The van der Waals surface area contributed by atoms with E-state index in [1.807, 2.05) is 36.2 Å². The molecular formula is C22H34N4O3S. The number of aliphatic imine (C=N–C) groups is 1. The molecule has 0 radical (unpaired) electrons. The molecule has 1 heterocycles. The molecule has 0 bridgehead atoms. The van der Waals surface area contributed by atoms with E-state index in [9.17, 15) is 8.42 Å². The van der Waals surface area contributed by atoms with Gasteiger partial charge in [0, 0.05) is 50.5 Å². The number of aryl methyl sites for hydroxylation is 1. The first-order chi connectivity index (χ1) is 13.9. The molecule has 1 N–H and O–H groups in total. The van der Waals surface area contributed by atoms with E-state index in [4.69, 9.17) is 4.74 Å². The predicted molar refractivity (Wildman–Crippen MR) is 124 cm³/mol. The van der Waals surface area contributed by atoms with Gasteiger partial charge in [-0.2, -0.15) is 0 Å². The van der Waals surface area contributed by atoms with Gasteiger partial charge in [0.05, 0.1) is 11.9 Å². The van der Waals surface area contributed by atoms with Crippen LogP contribution in [0.4, 0.5) is 0 Å². The summed E-state index contributed by atoms with van der Waals surface area (Å²) in [5.41, 5.74) is 4.55. The van der Waals surface area contributed by atoms with Crippen molar-refractivity contribution in [1.29, 1.82) is 0 Å². The Bertz CT molecular complexity index is 1010. The number of benzene rings is 1. The van der Waals surface area contributed by atoms with Crippen molar-refractivity contribution in [2.24, 2.45) is 4.99 Å². The maximum absolute atomic E-state index is 12.0. The van der Waals surface area contributed by atoms with Crippen LogP contribution in [-0.4, -0.2) is 62.6 Å². The molecule has 8 heteroatoms. The van der Waals surface area contributed by atoms with Crippen LogP contribution in [0, 0.1) is 13.8 Å². The SMILES string of the molecule is CN=C(NCC(C)(C)S(C)(=O)=O)N(C)Cc1cc(C)n(-c2ccc(OC)cc2)c1C. The van der Waals surface area contributed by atoms with Gasteiger partial charge >= 0.3 is 0 Å². The monoisotopic (exact) mass is 434 g/mol. The Hall–Kier alpha value is -2.48. The Balaban J connectivity index is 2.19. The minimum atomic E-state index is -3.18. The molecule has 2 rings (SSSR count). The summed E-state index contributed by atoms with van der Waals surface area (Å²) in [4.78, 5) is 6.32. The minimum Gasteiger partial charge on any atom is -0.497 e. The zero-order valence-electron chi connectivity index (χ0n) is 19.3. The fourth-order valence-electron chi connectivity index (χ4n) is 3.26. The lowest BCUT2D eigenvalue weighted by molar-refractivity contribution is 0.414. The molecule has 0 aliphatic rings. The molecule has 166 valence electrons. The summed E-state index contributed by atoms with van der Waals surface area (Å²) >= 11 is 0. The van der Waals surface area contributed by atoms with Gasteiger partial charge in [0.25, 0.3) is 0 Å². The minimum absolute atomic E-state index is 0.285. The summed E-state index contributed by atoms with van der Waals surface area (Å²) in [5, 5.41) is 3.20. The smallest absolute Gasteiger partial charge is 0.193 e. The van der Waals surface area contributed by atoms with Gasteiger partial charge in [-0.05, 0) is 63.6 Å². The maximum Gasteiger partial charge on any atom is 0.193 e. The number of guanidine groups is 1. The number of nitrogens with zero attached hydrogens (tertiary/aromatic N) is 3. The third kappa shape index (κ3) is 5.16. The molecule has 0 aliphatic carbocycles. The lowest BCUT2D eigenvalue weighted by Gasteiger charge is -2.27. The molecule has 2 aromatic rings. The highest BCUT2D eigenvalue weighted by atomic mass is 32.2. The van der Waals surface area contributed by atoms with Crippen LogP contribution in [0.5, 0.6) is 5.75 Å². The number of rotatable bonds is 7. The van der Waals surface area contributed by atoms with E-state index in [2.05, 4.69) is 34.8 Å². The third-order valence-electron chi connectivity index (χ3n) is 5.52. The van der Waals surface area contributed by atoms with E-state index < -0.39 is 14.6 Å². The third-order valence-corrected chi connectivity index (χ3v) is 7.68. The van der Waals surface area contributed by atoms with Gasteiger partial charge in [-0.1, -0.05) is 0 Å². The normalized spacial score (nSPS) is 12.7. The number of nitrogens with one attached hydrogen (secondary N) is 1. The largest absolute Gasteiger partial charge is 0.497 e. The first kappa shape index (κ1) is 23.8. The van der Waals surface area contributed by atoms with Crippen molar-refractivity contribution in [2.75, 3.05) is 34.0 Å². The molecule has 1 aromatic heterocycles. The van der Waals surface area contributed by atoms with Crippen molar-refractivity contribution >= 4 is 15.8 Å². The summed E-state index contributed by atoms with van der Waals surface area (Å²) in [6, 6.07) is 10.2. The van der Waals surface area contributed by atoms with Crippen molar-refractivity contribution < 1.29 is 13.2 Å². The Morgan fingerprint density at radius 3 is 2.33 bits per heavy atom. The maximum atomic E-state index is 12.0. The molecule has 0 amide bonds. The molecule has 0 saturated carbocycles. The van der Waals surface area contributed by atoms with E-state index in [1.54, 1.807) is 28.0 Å². The van der Waals surface area contributed by atoms with Crippen molar-refractivity contribution in [3.8, 4) is 11.4 Å². The predicted octanol–water partition coefficient (Wildman–Crippen LogP) is 2.93. The van der Waals surface area contributed by atoms with Crippen molar-refractivity contribution in [3.05, 3.63) is 47.3 Å². The molecule has 0 spiro atoms. The number of hydrogen-bond acceptors (Lipinski definition) is 4. The van der Waals surface area contributed by atoms with E-state index in [0.29, 0.717) is 12.5 Å². The van der Waals surface area contributed by atoms with Gasteiger partial charge in [0.15, 0.2) is 15.8 Å². The second kappa shape index (κ2) is 9.12. The van der Waals surface area contributed by atoms with Crippen LogP contribution >= 0.6 is 0 Å². The highest BCUT2D eigenvalue weighted by molar-refractivity contribution is 7.92. The number of aromatic nitrogens is 1. The molecule has 1 aromatic carbocycles. The van der Waals surface area contributed by atoms with Gasteiger partial charge in [0.2, 0.25) is 0 Å². The van der Waals surface area contributed by atoms with E-state index in [-0.39, 0.29) is 6.54 Å². The van der Waals surface area contributed by atoms with Gasteiger partial charge in [0.1, 0.15) is 5.75 Å². The number of methoxy groups -OCH3 is 1. The molecule has 30 heavy (non-hydrogen) atoms. The fraction of sp³-hybridized carbons (Fsp3) is 0.500. The Morgan fingerprint density at radius 1 is 1.23 bits per heavy atom. The topological polar surface area (TPSA) is 75.9 Å². The molecule has 0 fully saturated rings. The quantitative estimate of drug-likeness (QED) is 0.536. The van der Waals surface area contributed by atoms with E-state index in [1.165, 1.54) is 11.8 Å². The fourth-order valence-corrected chi connectivity index (χ4v) is 3.59.